The molecule has 32 heavy (non-hydrogen) atoms. The van der Waals surface area contributed by atoms with Gasteiger partial charge in [0.2, 0.25) is 11.8 Å². The van der Waals surface area contributed by atoms with E-state index in [0.29, 0.717) is 17.4 Å². The minimum absolute atomic E-state index is 0.0992. The molecule has 0 radical (unpaired) electrons. The van der Waals surface area contributed by atoms with E-state index in [1.54, 1.807) is 44.2 Å². The monoisotopic (exact) mass is 441 g/mol. The van der Waals surface area contributed by atoms with Gasteiger partial charge in [-0.05, 0) is 42.7 Å². The van der Waals surface area contributed by atoms with Crippen LogP contribution in [0.1, 0.15) is 36.7 Å². The molecule has 0 aliphatic rings. The fourth-order valence-corrected chi connectivity index (χ4v) is 2.92. The van der Waals surface area contributed by atoms with Crippen LogP contribution >= 0.6 is 0 Å². The Bertz CT molecular complexity index is 932. The maximum absolute atomic E-state index is 13.2. The fourth-order valence-electron chi connectivity index (χ4n) is 2.92. The van der Waals surface area contributed by atoms with Gasteiger partial charge in [-0.1, -0.05) is 44.2 Å². The van der Waals surface area contributed by atoms with Gasteiger partial charge >= 0.3 is 0 Å². The molecule has 0 aliphatic carbocycles. The number of aldehydes is 1. The molecule has 0 aromatic heterocycles. The fraction of sp³-hybridized carbons (Fsp3) is 0.333. The number of hydrogen-bond acceptors (Lipinski definition) is 4. The first-order chi connectivity index (χ1) is 15.2. The normalized spacial score (nSPS) is 13.5. The molecule has 170 valence electrons. The predicted octanol–water partition coefficient (Wildman–Crippen LogP) is 2.01. The highest BCUT2D eigenvalue weighted by molar-refractivity contribution is 5.98. The average molecular weight is 442 g/mol. The number of benzene rings is 2. The van der Waals surface area contributed by atoms with Gasteiger partial charge in [-0.3, -0.25) is 14.4 Å². The molecule has 0 saturated carbocycles. The number of amides is 3. The molecule has 0 heterocycles. The van der Waals surface area contributed by atoms with Crippen molar-refractivity contribution in [2.24, 2.45) is 5.92 Å². The Morgan fingerprint density at radius 3 is 2.06 bits per heavy atom. The molecule has 3 amide bonds. The largest absolute Gasteiger partial charge is 0.345 e. The zero-order chi connectivity index (χ0) is 23.7. The molecular formula is C24H28FN3O4. The van der Waals surface area contributed by atoms with Crippen molar-refractivity contribution in [1.29, 1.82) is 0 Å². The second-order valence-electron chi connectivity index (χ2n) is 7.87. The van der Waals surface area contributed by atoms with Gasteiger partial charge in [-0.15, -0.1) is 0 Å². The summed E-state index contributed by atoms with van der Waals surface area (Å²) in [6.45, 7) is 5.07. The number of hydrogen-bond donors (Lipinski definition) is 3. The van der Waals surface area contributed by atoms with Crippen LogP contribution in [0.15, 0.2) is 54.6 Å². The second-order valence-corrected chi connectivity index (χ2v) is 7.87. The zero-order valence-corrected chi connectivity index (χ0v) is 18.3. The lowest BCUT2D eigenvalue weighted by Crippen LogP contribution is -2.55. The van der Waals surface area contributed by atoms with Gasteiger partial charge in [0.15, 0.2) is 0 Å². The Hall–Kier alpha value is -3.55. The van der Waals surface area contributed by atoms with Crippen LogP contribution in [0.5, 0.6) is 0 Å². The molecule has 7 nitrogen and oxygen atoms in total. The summed E-state index contributed by atoms with van der Waals surface area (Å²) in [6, 6.07) is 11.4. The molecule has 2 rings (SSSR count). The maximum atomic E-state index is 13.2. The predicted molar refractivity (Wildman–Crippen MR) is 118 cm³/mol. The van der Waals surface area contributed by atoms with Crippen LogP contribution in [-0.4, -0.2) is 42.1 Å². The van der Waals surface area contributed by atoms with Crippen molar-refractivity contribution in [2.75, 3.05) is 0 Å². The van der Waals surface area contributed by atoms with E-state index in [9.17, 15) is 23.6 Å². The maximum Gasteiger partial charge on any atom is 0.251 e. The highest BCUT2D eigenvalue weighted by Gasteiger charge is 2.26. The van der Waals surface area contributed by atoms with Crippen LogP contribution in [0.3, 0.4) is 0 Å². The van der Waals surface area contributed by atoms with Crippen molar-refractivity contribution in [3.8, 4) is 0 Å². The van der Waals surface area contributed by atoms with E-state index in [2.05, 4.69) is 16.0 Å². The smallest absolute Gasteiger partial charge is 0.251 e. The summed E-state index contributed by atoms with van der Waals surface area (Å²) in [5.74, 6) is -2.06. The van der Waals surface area contributed by atoms with Gasteiger partial charge in [0.1, 0.15) is 24.2 Å². The van der Waals surface area contributed by atoms with E-state index >= 15 is 0 Å². The van der Waals surface area contributed by atoms with Crippen molar-refractivity contribution in [3.05, 3.63) is 71.5 Å². The van der Waals surface area contributed by atoms with E-state index in [1.807, 2.05) is 0 Å². The summed E-state index contributed by atoms with van der Waals surface area (Å²) in [7, 11) is 0. The molecule has 0 saturated heterocycles. The van der Waals surface area contributed by atoms with Crippen molar-refractivity contribution in [1.82, 2.24) is 16.0 Å². The SMILES string of the molecule is CC(C)[C@@H](C=O)NC(=O)[C@H](C)NC(=O)[C@@H](Cc1ccc(F)cc1)NC(=O)c1ccccc1. The summed E-state index contributed by atoms with van der Waals surface area (Å²) in [5, 5.41) is 7.84. The molecule has 0 unspecified atom stereocenters. The summed E-state index contributed by atoms with van der Waals surface area (Å²) in [6.07, 6.45) is 0.747. The first-order valence-corrected chi connectivity index (χ1v) is 10.4. The molecule has 0 spiro atoms. The summed E-state index contributed by atoms with van der Waals surface area (Å²) >= 11 is 0. The molecule has 3 atom stereocenters. The summed E-state index contributed by atoms with van der Waals surface area (Å²) in [5.41, 5.74) is 1.01. The third kappa shape index (κ3) is 7.30. The summed E-state index contributed by atoms with van der Waals surface area (Å²) in [4.78, 5) is 49.1. The Kier molecular flexibility index (Phi) is 9.07. The Balaban J connectivity index is 2.13. The van der Waals surface area contributed by atoms with Gasteiger partial charge in [0.05, 0.1) is 6.04 Å². The molecule has 0 aliphatic heterocycles. The second kappa shape index (κ2) is 11.7. The first-order valence-electron chi connectivity index (χ1n) is 10.4. The van der Waals surface area contributed by atoms with E-state index in [4.69, 9.17) is 0 Å². The van der Waals surface area contributed by atoms with Crippen LogP contribution in [0.4, 0.5) is 4.39 Å². The van der Waals surface area contributed by atoms with Gasteiger partial charge in [0, 0.05) is 12.0 Å². The Labute approximate surface area is 186 Å². The lowest BCUT2D eigenvalue weighted by Gasteiger charge is -2.23. The number of nitrogens with one attached hydrogen (secondary N) is 3. The zero-order valence-electron chi connectivity index (χ0n) is 18.3. The van der Waals surface area contributed by atoms with Crippen LogP contribution in [-0.2, 0) is 20.8 Å². The molecule has 3 N–H and O–H groups in total. The quantitative estimate of drug-likeness (QED) is 0.491. The van der Waals surface area contributed by atoms with E-state index in [0.717, 1.165) is 0 Å². The van der Waals surface area contributed by atoms with E-state index in [-0.39, 0.29) is 12.3 Å². The standard InChI is InChI=1S/C24H28FN3O4/c1-15(2)21(14-29)28-22(30)16(3)26-24(32)20(13-17-9-11-19(25)12-10-17)27-23(31)18-7-5-4-6-8-18/h4-12,14-16,20-21H,13H2,1-3H3,(H,26,32)(H,27,31)(H,28,30)/t16-,20+,21+/m0/s1. The molecule has 8 heteroatoms. The van der Waals surface area contributed by atoms with E-state index < -0.39 is 41.7 Å². The van der Waals surface area contributed by atoms with Crippen molar-refractivity contribution in [2.45, 2.75) is 45.3 Å². The molecule has 2 aromatic rings. The van der Waals surface area contributed by atoms with E-state index in [1.165, 1.54) is 31.2 Å². The van der Waals surface area contributed by atoms with Gasteiger partial charge in [-0.25, -0.2) is 4.39 Å². The average Bonchev–Trinajstić information content (AvgIpc) is 2.78. The van der Waals surface area contributed by atoms with Crippen molar-refractivity contribution in [3.63, 3.8) is 0 Å². The van der Waals surface area contributed by atoms with Crippen molar-refractivity contribution >= 4 is 24.0 Å². The van der Waals surface area contributed by atoms with Crippen LogP contribution in [0.25, 0.3) is 0 Å². The van der Waals surface area contributed by atoms with Gasteiger partial charge in [0.25, 0.3) is 5.91 Å². The highest BCUT2D eigenvalue weighted by Crippen LogP contribution is 2.08. The van der Waals surface area contributed by atoms with Crippen molar-refractivity contribution < 1.29 is 23.6 Å². The minimum Gasteiger partial charge on any atom is -0.345 e. The third-order valence-electron chi connectivity index (χ3n) is 4.94. The first kappa shape index (κ1) is 24.7. The minimum atomic E-state index is -1.00. The van der Waals surface area contributed by atoms with Crippen LogP contribution in [0.2, 0.25) is 0 Å². The Morgan fingerprint density at radius 2 is 1.50 bits per heavy atom. The number of halogens is 1. The Morgan fingerprint density at radius 1 is 0.875 bits per heavy atom. The van der Waals surface area contributed by atoms with Gasteiger partial charge in [-0.2, -0.15) is 0 Å². The lowest BCUT2D eigenvalue weighted by atomic mass is 10.0. The van der Waals surface area contributed by atoms with Crippen LogP contribution < -0.4 is 16.0 Å². The number of carbonyl (C=O) groups excluding carboxylic acids is 4. The lowest BCUT2D eigenvalue weighted by molar-refractivity contribution is -0.130. The third-order valence-corrected chi connectivity index (χ3v) is 4.94. The molecular weight excluding hydrogens is 413 g/mol. The molecule has 0 fully saturated rings. The number of carbonyl (C=O) groups is 4. The number of rotatable bonds is 10. The van der Waals surface area contributed by atoms with Crippen LogP contribution in [0, 0.1) is 11.7 Å². The summed E-state index contributed by atoms with van der Waals surface area (Å²) < 4.78 is 13.2. The molecule has 2 aromatic carbocycles. The molecule has 0 bridgehead atoms. The topological polar surface area (TPSA) is 104 Å². The van der Waals surface area contributed by atoms with Gasteiger partial charge < -0.3 is 20.7 Å². The highest BCUT2D eigenvalue weighted by atomic mass is 19.1.